The van der Waals surface area contributed by atoms with Crippen LogP contribution in [0.3, 0.4) is 0 Å². The number of aromatic nitrogens is 1. The second kappa shape index (κ2) is 6.46. The lowest BCUT2D eigenvalue weighted by Crippen LogP contribution is -2.11. The normalized spacial score (nSPS) is 14.9. The number of benzene rings is 3. The predicted molar refractivity (Wildman–Crippen MR) is 114 cm³/mol. The zero-order valence-electron chi connectivity index (χ0n) is 15.2. The Kier molecular flexibility index (Phi) is 3.89. The molecule has 0 atom stereocenters. The number of fused-ring (bicyclic) bond motifs is 2. The second-order valence-corrected chi connectivity index (χ2v) is 8.59. The van der Waals surface area contributed by atoms with Gasteiger partial charge in [0.2, 0.25) is 0 Å². The molecule has 1 amide bonds. The third-order valence-electron chi connectivity index (χ3n) is 5.02. The third kappa shape index (κ3) is 2.77. The standard InChI is InChI=1S/C23H16N2O3S/c26-23-20(19-11-4-6-12-21(19)24-23)14-16-15-25(22-13-7-5-10-18(16)22)29(27,28)17-8-2-1-3-9-17/h1-15H,(H,24,26)/b20-14-. The van der Waals surface area contributed by atoms with Crippen molar-refractivity contribution in [3.05, 3.63) is 96.2 Å². The van der Waals surface area contributed by atoms with Crippen LogP contribution in [0.5, 0.6) is 0 Å². The molecule has 0 saturated heterocycles. The molecular weight excluding hydrogens is 384 g/mol. The second-order valence-electron chi connectivity index (χ2n) is 6.77. The van der Waals surface area contributed by atoms with Crippen molar-refractivity contribution in [3.8, 4) is 0 Å². The van der Waals surface area contributed by atoms with Gasteiger partial charge in [-0.3, -0.25) is 4.79 Å². The van der Waals surface area contributed by atoms with Gasteiger partial charge in [0.1, 0.15) is 0 Å². The van der Waals surface area contributed by atoms with Crippen molar-refractivity contribution in [1.29, 1.82) is 0 Å². The number of nitrogens with one attached hydrogen (secondary N) is 1. The Morgan fingerprint density at radius 3 is 2.34 bits per heavy atom. The molecule has 142 valence electrons. The summed E-state index contributed by atoms with van der Waals surface area (Å²) in [4.78, 5) is 12.7. The van der Waals surface area contributed by atoms with E-state index in [-0.39, 0.29) is 10.8 Å². The number of para-hydroxylation sites is 2. The molecule has 0 fully saturated rings. The number of carbonyl (C=O) groups excluding carboxylic acids is 1. The van der Waals surface area contributed by atoms with Crippen LogP contribution in [0.4, 0.5) is 5.69 Å². The molecule has 0 radical (unpaired) electrons. The summed E-state index contributed by atoms with van der Waals surface area (Å²) >= 11 is 0. The van der Waals surface area contributed by atoms with Gasteiger partial charge in [0.15, 0.2) is 0 Å². The maximum absolute atomic E-state index is 13.2. The van der Waals surface area contributed by atoms with Crippen molar-refractivity contribution in [2.45, 2.75) is 4.90 Å². The predicted octanol–water partition coefficient (Wildman–Crippen LogP) is 4.37. The van der Waals surface area contributed by atoms with E-state index in [9.17, 15) is 13.2 Å². The van der Waals surface area contributed by atoms with E-state index in [1.807, 2.05) is 36.4 Å². The number of hydrogen-bond donors (Lipinski definition) is 1. The van der Waals surface area contributed by atoms with Crippen molar-refractivity contribution in [2.75, 3.05) is 5.32 Å². The molecule has 4 aromatic rings. The summed E-state index contributed by atoms with van der Waals surface area (Å²) in [6.07, 6.45) is 3.33. The summed E-state index contributed by atoms with van der Waals surface area (Å²) in [6, 6.07) is 23.0. The fourth-order valence-electron chi connectivity index (χ4n) is 3.63. The highest BCUT2D eigenvalue weighted by atomic mass is 32.2. The van der Waals surface area contributed by atoms with Crippen LogP contribution in [0.15, 0.2) is 90.0 Å². The average molecular weight is 400 g/mol. The van der Waals surface area contributed by atoms with E-state index in [1.54, 1.807) is 54.7 Å². The quantitative estimate of drug-likeness (QED) is 0.519. The summed E-state index contributed by atoms with van der Waals surface area (Å²) in [7, 11) is -3.77. The highest BCUT2D eigenvalue weighted by molar-refractivity contribution is 7.90. The molecule has 2 heterocycles. The molecular formula is C23H16N2O3S. The molecule has 5 rings (SSSR count). The Morgan fingerprint density at radius 1 is 0.828 bits per heavy atom. The number of carbonyl (C=O) groups is 1. The topological polar surface area (TPSA) is 68.2 Å². The smallest absolute Gasteiger partial charge is 0.268 e. The number of anilines is 1. The largest absolute Gasteiger partial charge is 0.321 e. The van der Waals surface area contributed by atoms with E-state index >= 15 is 0 Å². The summed E-state index contributed by atoms with van der Waals surface area (Å²) in [5.41, 5.74) is 3.31. The Morgan fingerprint density at radius 2 is 1.52 bits per heavy atom. The van der Waals surface area contributed by atoms with E-state index in [4.69, 9.17) is 0 Å². The number of amides is 1. The minimum absolute atomic E-state index is 0.200. The van der Waals surface area contributed by atoms with Crippen LogP contribution in [0.2, 0.25) is 0 Å². The van der Waals surface area contributed by atoms with Gasteiger partial charge in [-0.25, -0.2) is 12.4 Å². The lowest BCUT2D eigenvalue weighted by molar-refractivity contribution is -0.110. The van der Waals surface area contributed by atoms with E-state index in [2.05, 4.69) is 5.32 Å². The third-order valence-corrected chi connectivity index (χ3v) is 6.71. The summed E-state index contributed by atoms with van der Waals surface area (Å²) in [6.45, 7) is 0. The zero-order valence-corrected chi connectivity index (χ0v) is 16.1. The van der Waals surface area contributed by atoms with Crippen molar-refractivity contribution < 1.29 is 13.2 Å². The first-order valence-electron chi connectivity index (χ1n) is 9.09. The van der Waals surface area contributed by atoms with Crippen LogP contribution in [-0.4, -0.2) is 18.3 Å². The van der Waals surface area contributed by atoms with E-state index in [0.717, 1.165) is 16.6 Å². The van der Waals surface area contributed by atoms with Crippen LogP contribution >= 0.6 is 0 Å². The first-order valence-corrected chi connectivity index (χ1v) is 10.5. The van der Waals surface area contributed by atoms with Crippen molar-refractivity contribution in [3.63, 3.8) is 0 Å². The summed E-state index contributed by atoms with van der Waals surface area (Å²) in [5, 5.41) is 3.61. The Hall–Kier alpha value is -3.64. The van der Waals surface area contributed by atoms with Crippen molar-refractivity contribution in [2.24, 2.45) is 0 Å². The molecule has 0 saturated carbocycles. The highest BCUT2D eigenvalue weighted by Gasteiger charge is 2.25. The first-order chi connectivity index (χ1) is 14.1. The van der Waals surface area contributed by atoms with Crippen LogP contribution < -0.4 is 5.32 Å². The highest BCUT2D eigenvalue weighted by Crippen LogP contribution is 2.35. The molecule has 6 heteroatoms. The van der Waals surface area contributed by atoms with Gasteiger partial charge in [0, 0.05) is 34.0 Å². The lowest BCUT2D eigenvalue weighted by atomic mass is 10.0. The minimum atomic E-state index is -3.77. The maximum atomic E-state index is 13.2. The van der Waals surface area contributed by atoms with Gasteiger partial charge in [-0.05, 0) is 30.3 Å². The van der Waals surface area contributed by atoms with Gasteiger partial charge in [-0.2, -0.15) is 0 Å². The molecule has 0 bridgehead atoms. The molecule has 1 aliphatic rings. The molecule has 0 aliphatic carbocycles. The van der Waals surface area contributed by atoms with Crippen molar-refractivity contribution in [1.82, 2.24) is 3.97 Å². The molecule has 5 nitrogen and oxygen atoms in total. The number of nitrogens with zero attached hydrogens (tertiary/aromatic N) is 1. The summed E-state index contributed by atoms with van der Waals surface area (Å²) < 4.78 is 27.7. The molecule has 1 aliphatic heterocycles. The van der Waals surface area contributed by atoms with E-state index in [1.165, 1.54) is 3.97 Å². The zero-order chi connectivity index (χ0) is 20.0. The van der Waals surface area contributed by atoms with Gasteiger partial charge in [-0.1, -0.05) is 54.6 Å². The molecule has 1 N–H and O–H groups in total. The Balaban J connectivity index is 1.73. The van der Waals surface area contributed by atoms with Gasteiger partial charge < -0.3 is 5.32 Å². The molecule has 29 heavy (non-hydrogen) atoms. The van der Waals surface area contributed by atoms with E-state index in [0.29, 0.717) is 16.7 Å². The average Bonchev–Trinajstić information content (AvgIpc) is 3.27. The van der Waals surface area contributed by atoms with Crippen molar-refractivity contribution >= 4 is 44.2 Å². The van der Waals surface area contributed by atoms with Gasteiger partial charge >= 0.3 is 0 Å². The monoisotopic (exact) mass is 400 g/mol. The van der Waals surface area contributed by atoms with Gasteiger partial charge in [0.25, 0.3) is 15.9 Å². The van der Waals surface area contributed by atoms with Crippen LogP contribution in [0, 0.1) is 0 Å². The van der Waals surface area contributed by atoms with Gasteiger partial charge in [0.05, 0.1) is 10.4 Å². The first kappa shape index (κ1) is 17.5. The fourth-order valence-corrected chi connectivity index (χ4v) is 5.03. The molecule has 0 unspecified atom stereocenters. The Labute approximate surface area is 168 Å². The van der Waals surface area contributed by atoms with E-state index < -0.39 is 10.0 Å². The fraction of sp³-hybridized carbons (Fsp3) is 0. The van der Waals surface area contributed by atoms with Gasteiger partial charge in [-0.15, -0.1) is 0 Å². The number of rotatable bonds is 3. The van der Waals surface area contributed by atoms with Crippen LogP contribution in [0.25, 0.3) is 22.6 Å². The summed E-state index contributed by atoms with van der Waals surface area (Å²) in [5.74, 6) is -0.200. The minimum Gasteiger partial charge on any atom is -0.321 e. The SMILES string of the molecule is O=C1Nc2ccccc2/C1=C/c1cn(S(=O)(=O)c2ccccc2)c2ccccc12. The Bertz CT molecular complexity index is 1400. The van der Waals surface area contributed by atoms with Crippen LogP contribution in [-0.2, 0) is 14.8 Å². The lowest BCUT2D eigenvalue weighted by Gasteiger charge is -2.07. The maximum Gasteiger partial charge on any atom is 0.268 e. The molecule has 1 aromatic heterocycles. The number of hydrogen-bond acceptors (Lipinski definition) is 3. The van der Waals surface area contributed by atoms with Crippen LogP contribution in [0.1, 0.15) is 11.1 Å². The molecule has 0 spiro atoms. The molecule has 3 aromatic carbocycles.